The largest absolute Gasteiger partial charge is 0.299 e. The highest BCUT2D eigenvalue weighted by Crippen LogP contribution is 2.63. The lowest BCUT2D eigenvalue weighted by atomic mass is 9.45. The Hall–Kier alpha value is -0.330. The van der Waals surface area contributed by atoms with E-state index in [2.05, 4.69) is 13.8 Å². The summed E-state index contributed by atoms with van der Waals surface area (Å²) in [5.74, 6) is 1.91. The lowest BCUT2D eigenvalue weighted by Crippen LogP contribution is -2.55. The van der Waals surface area contributed by atoms with Gasteiger partial charge in [0.1, 0.15) is 5.78 Å². The van der Waals surface area contributed by atoms with Crippen molar-refractivity contribution in [3.8, 4) is 0 Å². The van der Waals surface area contributed by atoms with E-state index in [0.717, 1.165) is 5.92 Å². The van der Waals surface area contributed by atoms with Crippen molar-refractivity contribution in [2.75, 3.05) is 0 Å². The quantitative estimate of drug-likeness (QED) is 0.557. The molecule has 4 unspecified atom stereocenters. The first-order chi connectivity index (χ1) is 6.01. The first-order valence-corrected chi connectivity index (χ1v) is 5.55. The van der Waals surface area contributed by atoms with Crippen LogP contribution in [0.4, 0.5) is 0 Å². The van der Waals surface area contributed by atoms with Crippen molar-refractivity contribution in [1.29, 1.82) is 0 Å². The van der Waals surface area contributed by atoms with Gasteiger partial charge in [0.15, 0.2) is 0 Å². The van der Waals surface area contributed by atoms with Crippen LogP contribution in [-0.2, 0) is 4.79 Å². The molecule has 1 heteroatoms. The summed E-state index contributed by atoms with van der Waals surface area (Å²) in [6, 6.07) is 0. The van der Waals surface area contributed by atoms with Crippen molar-refractivity contribution in [2.24, 2.45) is 22.7 Å². The molecule has 0 aromatic rings. The van der Waals surface area contributed by atoms with Gasteiger partial charge in [0.25, 0.3) is 0 Å². The molecule has 4 atom stereocenters. The Morgan fingerprint density at radius 2 is 2.00 bits per heavy atom. The number of carbonyl (C=O) groups excluding carboxylic acids is 1. The van der Waals surface area contributed by atoms with E-state index in [-0.39, 0.29) is 5.41 Å². The van der Waals surface area contributed by atoms with Gasteiger partial charge in [-0.05, 0) is 43.4 Å². The van der Waals surface area contributed by atoms with Crippen LogP contribution in [0.3, 0.4) is 0 Å². The average molecular weight is 178 g/mol. The summed E-state index contributed by atoms with van der Waals surface area (Å²) in [4.78, 5) is 12.0. The summed E-state index contributed by atoms with van der Waals surface area (Å²) >= 11 is 0. The number of carbonyl (C=O) groups is 1. The fourth-order valence-electron chi connectivity index (χ4n) is 4.78. The van der Waals surface area contributed by atoms with Crippen molar-refractivity contribution in [1.82, 2.24) is 0 Å². The molecule has 0 aromatic heterocycles. The zero-order chi connectivity index (χ0) is 9.27. The molecule has 0 spiro atoms. The van der Waals surface area contributed by atoms with Crippen molar-refractivity contribution in [3.63, 3.8) is 0 Å². The van der Waals surface area contributed by atoms with Crippen LogP contribution in [0.1, 0.15) is 46.0 Å². The van der Waals surface area contributed by atoms with Crippen LogP contribution in [0.15, 0.2) is 0 Å². The predicted octanol–water partition coefficient (Wildman–Crippen LogP) is 2.79. The lowest BCUT2D eigenvalue weighted by Gasteiger charge is -2.59. The van der Waals surface area contributed by atoms with E-state index < -0.39 is 0 Å². The summed E-state index contributed by atoms with van der Waals surface area (Å²) in [7, 11) is 0. The summed E-state index contributed by atoms with van der Waals surface area (Å²) in [6.45, 7) is 4.61. The maximum Gasteiger partial charge on any atom is 0.141 e. The monoisotopic (exact) mass is 178 g/mol. The smallest absolute Gasteiger partial charge is 0.141 e. The standard InChI is InChI=1S/C12H18O/c1-11-4-8-3-9(6-11)10(13)12(2,5-8)7-11/h8-9H,3-7H2,1-2H3. The molecule has 4 saturated carbocycles. The van der Waals surface area contributed by atoms with Crippen LogP contribution >= 0.6 is 0 Å². The molecule has 4 bridgehead atoms. The summed E-state index contributed by atoms with van der Waals surface area (Å²) in [5, 5.41) is 0. The highest BCUT2D eigenvalue weighted by Gasteiger charge is 2.58. The summed E-state index contributed by atoms with van der Waals surface area (Å²) < 4.78 is 0. The number of hydrogen-bond acceptors (Lipinski definition) is 1. The Bertz CT molecular complexity index is 283. The molecular weight excluding hydrogens is 160 g/mol. The molecule has 1 nitrogen and oxygen atoms in total. The molecule has 13 heavy (non-hydrogen) atoms. The predicted molar refractivity (Wildman–Crippen MR) is 51.3 cm³/mol. The van der Waals surface area contributed by atoms with Crippen LogP contribution < -0.4 is 0 Å². The zero-order valence-corrected chi connectivity index (χ0v) is 8.60. The van der Waals surface area contributed by atoms with Crippen molar-refractivity contribution >= 4 is 5.78 Å². The van der Waals surface area contributed by atoms with Crippen molar-refractivity contribution in [2.45, 2.75) is 46.0 Å². The second-order valence-corrected chi connectivity index (χ2v) is 6.32. The van der Waals surface area contributed by atoms with E-state index in [9.17, 15) is 4.79 Å². The molecule has 4 aliphatic carbocycles. The molecule has 0 heterocycles. The second kappa shape index (κ2) is 2.02. The topological polar surface area (TPSA) is 17.1 Å². The van der Waals surface area contributed by atoms with Gasteiger partial charge in [-0.25, -0.2) is 0 Å². The second-order valence-electron chi connectivity index (χ2n) is 6.32. The third-order valence-electron chi connectivity index (χ3n) is 4.66. The first kappa shape index (κ1) is 8.02. The van der Waals surface area contributed by atoms with Crippen LogP contribution in [0.25, 0.3) is 0 Å². The van der Waals surface area contributed by atoms with Crippen LogP contribution in [0, 0.1) is 22.7 Å². The molecular formula is C12H18O. The van der Waals surface area contributed by atoms with Gasteiger partial charge < -0.3 is 0 Å². The minimum atomic E-state index is 0.0822. The first-order valence-electron chi connectivity index (χ1n) is 5.55. The maximum absolute atomic E-state index is 12.0. The summed E-state index contributed by atoms with van der Waals surface area (Å²) in [6.07, 6.45) is 6.16. The average Bonchev–Trinajstić information content (AvgIpc) is 1.96. The number of rotatable bonds is 0. The molecule has 4 fully saturated rings. The molecule has 0 N–H and O–H groups in total. The normalized spacial score (nSPS) is 58.8. The number of hydrogen-bond donors (Lipinski definition) is 0. The van der Waals surface area contributed by atoms with Gasteiger partial charge in [-0.1, -0.05) is 13.8 Å². The third kappa shape index (κ3) is 0.908. The third-order valence-corrected chi connectivity index (χ3v) is 4.66. The highest BCUT2D eigenvalue weighted by atomic mass is 16.1. The van der Waals surface area contributed by atoms with E-state index in [1.807, 2.05) is 0 Å². The Balaban J connectivity index is 2.06. The lowest BCUT2D eigenvalue weighted by molar-refractivity contribution is -0.159. The van der Waals surface area contributed by atoms with E-state index in [0.29, 0.717) is 17.1 Å². The molecule has 72 valence electrons. The van der Waals surface area contributed by atoms with Crippen molar-refractivity contribution < 1.29 is 4.79 Å². The maximum atomic E-state index is 12.0. The minimum absolute atomic E-state index is 0.0822. The van der Waals surface area contributed by atoms with E-state index >= 15 is 0 Å². The molecule has 0 aromatic carbocycles. The van der Waals surface area contributed by atoms with Gasteiger partial charge in [-0.3, -0.25) is 4.79 Å². The van der Waals surface area contributed by atoms with E-state index in [4.69, 9.17) is 0 Å². The van der Waals surface area contributed by atoms with Crippen LogP contribution in [0.5, 0.6) is 0 Å². The number of Topliss-reactive ketones (excluding diaryl/α,β-unsaturated/α-hetero) is 1. The van der Waals surface area contributed by atoms with Gasteiger partial charge in [-0.2, -0.15) is 0 Å². The molecule has 0 saturated heterocycles. The Morgan fingerprint density at radius 1 is 1.23 bits per heavy atom. The fraction of sp³-hybridized carbons (Fsp3) is 0.917. The molecule has 0 radical (unpaired) electrons. The SMILES string of the molecule is CC12CC3CC(C1)C(=O)C(C)(C3)C2. The van der Waals surface area contributed by atoms with Gasteiger partial charge in [0.05, 0.1) is 0 Å². The molecule has 0 aliphatic heterocycles. The Morgan fingerprint density at radius 3 is 2.62 bits per heavy atom. The molecule has 0 amide bonds. The molecule has 4 aliphatic rings. The zero-order valence-electron chi connectivity index (χ0n) is 8.60. The van der Waals surface area contributed by atoms with E-state index in [1.165, 1.54) is 32.1 Å². The van der Waals surface area contributed by atoms with Crippen molar-refractivity contribution in [3.05, 3.63) is 0 Å². The molecule has 4 rings (SSSR count). The minimum Gasteiger partial charge on any atom is -0.299 e. The number of ketones is 1. The van der Waals surface area contributed by atoms with Gasteiger partial charge in [0.2, 0.25) is 0 Å². The van der Waals surface area contributed by atoms with Gasteiger partial charge in [0, 0.05) is 11.3 Å². The summed E-state index contributed by atoms with van der Waals surface area (Å²) in [5.41, 5.74) is 0.604. The van der Waals surface area contributed by atoms with Crippen LogP contribution in [-0.4, -0.2) is 5.78 Å². The fourth-order valence-corrected chi connectivity index (χ4v) is 4.78. The Kier molecular flexibility index (Phi) is 1.24. The van der Waals surface area contributed by atoms with E-state index in [1.54, 1.807) is 0 Å². The van der Waals surface area contributed by atoms with Gasteiger partial charge in [-0.15, -0.1) is 0 Å². The van der Waals surface area contributed by atoms with Crippen LogP contribution in [0.2, 0.25) is 0 Å². The van der Waals surface area contributed by atoms with Gasteiger partial charge >= 0.3 is 0 Å². The highest BCUT2D eigenvalue weighted by molar-refractivity contribution is 5.88. The Labute approximate surface area is 79.9 Å².